The number of benzene rings is 2. The van der Waals surface area contributed by atoms with Gasteiger partial charge < -0.3 is 19.1 Å². The number of rotatable bonds is 5. The quantitative estimate of drug-likeness (QED) is 0.403. The molecule has 0 bridgehead atoms. The van der Waals surface area contributed by atoms with Crippen LogP contribution in [0.1, 0.15) is 55.0 Å². The van der Waals surface area contributed by atoms with Crippen LogP contribution in [-0.2, 0) is 4.79 Å². The second kappa shape index (κ2) is 8.51. The van der Waals surface area contributed by atoms with Gasteiger partial charge in [0.15, 0.2) is 11.6 Å². The van der Waals surface area contributed by atoms with Crippen LogP contribution in [0.5, 0.6) is 0 Å². The van der Waals surface area contributed by atoms with Gasteiger partial charge in [0.2, 0.25) is 5.91 Å². The van der Waals surface area contributed by atoms with Crippen molar-refractivity contribution in [1.29, 1.82) is 0 Å². The van der Waals surface area contributed by atoms with Crippen LogP contribution in [0.15, 0.2) is 40.9 Å². The maximum Gasteiger partial charge on any atom is 0.227 e. The lowest BCUT2D eigenvalue weighted by atomic mass is 9.80. The first-order chi connectivity index (χ1) is 17.4. The van der Waals surface area contributed by atoms with Crippen molar-refractivity contribution in [3.63, 3.8) is 0 Å². The van der Waals surface area contributed by atoms with E-state index in [0.29, 0.717) is 18.5 Å². The van der Waals surface area contributed by atoms with Crippen LogP contribution in [-0.4, -0.2) is 32.3 Å². The van der Waals surface area contributed by atoms with Crippen LogP contribution in [0.3, 0.4) is 0 Å². The number of aromatic nitrogens is 3. The Bertz CT molecular complexity index is 1470. The van der Waals surface area contributed by atoms with Gasteiger partial charge in [0.1, 0.15) is 11.6 Å². The summed E-state index contributed by atoms with van der Waals surface area (Å²) in [6, 6.07) is 9.32. The van der Waals surface area contributed by atoms with Gasteiger partial charge in [-0.05, 0) is 68.9 Å². The summed E-state index contributed by atoms with van der Waals surface area (Å²) in [4.78, 5) is 19.5. The molecule has 1 saturated carbocycles. The molecule has 0 unspecified atom stereocenters. The number of halogens is 2. The number of carbonyl (C=O) groups is 1. The number of amides is 1. The number of imidazole rings is 1. The van der Waals surface area contributed by atoms with Gasteiger partial charge in [-0.1, -0.05) is 11.2 Å². The van der Waals surface area contributed by atoms with Gasteiger partial charge in [-0.25, -0.2) is 13.8 Å². The molecule has 1 atom stereocenters. The van der Waals surface area contributed by atoms with Crippen molar-refractivity contribution in [2.75, 3.05) is 11.5 Å². The van der Waals surface area contributed by atoms with Crippen LogP contribution >= 0.6 is 0 Å². The van der Waals surface area contributed by atoms with E-state index in [1.807, 2.05) is 32.0 Å². The van der Waals surface area contributed by atoms with E-state index >= 15 is 0 Å². The van der Waals surface area contributed by atoms with Crippen molar-refractivity contribution in [3.05, 3.63) is 65.3 Å². The molecule has 2 aliphatic rings. The fourth-order valence-corrected chi connectivity index (χ4v) is 5.73. The highest BCUT2D eigenvalue weighted by Crippen LogP contribution is 2.45. The van der Waals surface area contributed by atoms with Gasteiger partial charge in [0.25, 0.3) is 0 Å². The zero-order valence-corrected chi connectivity index (χ0v) is 20.0. The van der Waals surface area contributed by atoms with E-state index in [4.69, 9.17) is 9.51 Å². The summed E-state index contributed by atoms with van der Waals surface area (Å²) in [6.45, 7) is 3.90. The summed E-state index contributed by atoms with van der Waals surface area (Å²) < 4.78 is 35.2. The van der Waals surface area contributed by atoms with Crippen molar-refractivity contribution in [2.24, 2.45) is 5.92 Å². The van der Waals surface area contributed by atoms with E-state index < -0.39 is 17.7 Å². The Labute approximate surface area is 206 Å². The summed E-state index contributed by atoms with van der Waals surface area (Å²) in [5.74, 6) is -0.420. The predicted octanol–water partition coefficient (Wildman–Crippen LogP) is 5.40. The zero-order valence-electron chi connectivity index (χ0n) is 20.0. The highest BCUT2D eigenvalue weighted by atomic mass is 19.2. The number of aliphatic hydroxyl groups excluding tert-OH is 1. The van der Waals surface area contributed by atoms with Gasteiger partial charge >= 0.3 is 0 Å². The predicted molar refractivity (Wildman–Crippen MR) is 129 cm³/mol. The third-order valence-electron chi connectivity index (χ3n) is 7.56. The number of carbonyl (C=O) groups excluding carboxylic acids is 1. The minimum Gasteiger partial charge on any atom is -0.396 e. The molecule has 2 fully saturated rings. The van der Waals surface area contributed by atoms with Crippen molar-refractivity contribution in [1.82, 2.24) is 14.7 Å². The Morgan fingerprint density at radius 2 is 1.92 bits per heavy atom. The number of anilines is 1. The Balaban J connectivity index is 1.49. The van der Waals surface area contributed by atoms with Crippen LogP contribution in [0, 0.1) is 31.4 Å². The first-order valence-corrected chi connectivity index (χ1v) is 12.2. The molecule has 36 heavy (non-hydrogen) atoms. The molecule has 1 N–H and O–H groups in total. The van der Waals surface area contributed by atoms with Gasteiger partial charge in [0, 0.05) is 36.4 Å². The highest BCUT2D eigenvalue weighted by Gasteiger charge is 2.40. The number of aliphatic hydroxyl groups is 1. The van der Waals surface area contributed by atoms with Gasteiger partial charge in [-0.15, -0.1) is 0 Å². The second-order valence-electron chi connectivity index (χ2n) is 9.83. The molecular formula is C27H26F2N4O3. The topological polar surface area (TPSA) is 84.4 Å². The summed E-state index contributed by atoms with van der Waals surface area (Å²) in [7, 11) is 0. The fourth-order valence-electron chi connectivity index (χ4n) is 5.73. The summed E-state index contributed by atoms with van der Waals surface area (Å²) in [5, 5.41) is 13.7. The maximum atomic E-state index is 14.1. The van der Waals surface area contributed by atoms with Crippen LogP contribution in [0.25, 0.3) is 22.2 Å². The highest BCUT2D eigenvalue weighted by molar-refractivity contribution is 5.96. The zero-order chi connectivity index (χ0) is 25.1. The summed E-state index contributed by atoms with van der Waals surface area (Å²) in [5.41, 5.74) is 4.69. The molecule has 7 nitrogen and oxygen atoms in total. The van der Waals surface area contributed by atoms with E-state index in [1.54, 1.807) is 0 Å². The molecule has 6 rings (SSSR count). The maximum absolute atomic E-state index is 14.1. The van der Waals surface area contributed by atoms with Gasteiger partial charge in [0.05, 0.1) is 22.8 Å². The Hall–Kier alpha value is -3.59. The van der Waals surface area contributed by atoms with Crippen LogP contribution in [0.2, 0.25) is 0 Å². The number of fused-ring (bicyclic) bond motifs is 1. The molecule has 4 aromatic rings. The molecule has 0 spiro atoms. The molecule has 2 aromatic heterocycles. The molecular weight excluding hydrogens is 466 g/mol. The van der Waals surface area contributed by atoms with E-state index in [-0.39, 0.29) is 24.5 Å². The van der Waals surface area contributed by atoms with Crippen molar-refractivity contribution >= 4 is 22.6 Å². The molecule has 9 heteroatoms. The Morgan fingerprint density at radius 3 is 2.61 bits per heavy atom. The largest absolute Gasteiger partial charge is 0.396 e. The average Bonchev–Trinajstić information content (AvgIpc) is 3.49. The number of aryl methyl sites for hydroxylation is 2. The molecule has 3 heterocycles. The molecule has 1 saturated heterocycles. The van der Waals surface area contributed by atoms with E-state index in [9.17, 15) is 18.7 Å². The lowest BCUT2D eigenvalue weighted by Crippen LogP contribution is -2.34. The van der Waals surface area contributed by atoms with Crippen LogP contribution < -0.4 is 4.90 Å². The second-order valence-corrected chi connectivity index (χ2v) is 9.83. The molecule has 0 radical (unpaired) electrons. The minimum absolute atomic E-state index is 0.134. The first-order valence-electron chi connectivity index (χ1n) is 12.2. The Morgan fingerprint density at radius 1 is 1.11 bits per heavy atom. The molecule has 2 aromatic carbocycles. The van der Waals surface area contributed by atoms with Crippen molar-refractivity contribution < 1.29 is 23.2 Å². The van der Waals surface area contributed by atoms with E-state index in [1.165, 1.54) is 11.0 Å². The van der Waals surface area contributed by atoms with Crippen molar-refractivity contribution in [2.45, 2.75) is 51.6 Å². The number of nitrogens with zero attached hydrogens (tertiary/aromatic N) is 4. The van der Waals surface area contributed by atoms with Gasteiger partial charge in [-0.2, -0.15) is 0 Å². The smallest absolute Gasteiger partial charge is 0.227 e. The minimum atomic E-state index is -0.992. The number of hydrogen-bond donors (Lipinski definition) is 1. The lowest BCUT2D eigenvalue weighted by Gasteiger charge is -2.37. The summed E-state index contributed by atoms with van der Waals surface area (Å²) in [6.07, 6.45) is 2.44. The van der Waals surface area contributed by atoms with E-state index in [0.717, 1.165) is 64.4 Å². The third-order valence-corrected chi connectivity index (χ3v) is 7.56. The van der Waals surface area contributed by atoms with E-state index in [2.05, 4.69) is 9.72 Å². The average molecular weight is 493 g/mol. The first kappa shape index (κ1) is 22.8. The third kappa shape index (κ3) is 3.52. The normalized spacial score (nSPS) is 22.0. The molecule has 186 valence electrons. The van der Waals surface area contributed by atoms with Gasteiger partial charge in [-0.3, -0.25) is 4.79 Å². The van der Waals surface area contributed by atoms with Crippen molar-refractivity contribution in [3.8, 4) is 11.1 Å². The molecule has 1 aliphatic heterocycles. The Kier molecular flexibility index (Phi) is 5.40. The molecule has 1 amide bonds. The summed E-state index contributed by atoms with van der Waals surface area (Å²) >= 11 is 0. The monoisotopic (exact) mass is 492 g/mol. The number of hydrogen-bond acceptors (Lipinski definition) is 5. The molecule has 1 aliphatic carbocycles. The standard InChI is InChI=1S/C27H26F2N4O3/c1-14-26(15(2)36-31-14)17-3-6-23-22(11-17)30-27(33(23)19-9-16(10-19)13-34)24-7-8-25(35)32(24)18-4-5-20(28)21(29)12-18/h3-6,11-12,16,19,24,34H,7-10,13H2,1-2H3/t16-,19-,24-/m0/s1. The van der Waals surface area contributed by atoms with Crippen LogP contribution in [0.4, 0.5) is 14.5 Å². The SMILES string of the molecule is Cc1noc(C)c1-c1ccc2c(c1)nc([C@@H]1CCC(=O)N1c1ccc(F)c(F)c1)n2[C@H]1C[C@H](CO)C1. The lowest BCUT2D eigenvalue weighted by molar-refractivity contribution is -0.117. The fraction of sp³-hybridized carbons (Fsp3) is 0.370.